The smallest absolute Gasteiger partial charge is 0.141 e. The molecule has 1 N–H and O–H groups in total. The Hall–Kier alpha value is -1.54. The molecular weight excluding hydrogens is 368 g/mol. The molecule has 0 saturated carbocycles. The van der Waals surface area contributed by atoms with Gasteiger partial charge in [0, 0.05) is 20.4 Å². The van der Waals surface area contributed by atoms with Gasteiger partial charge in [0.05, 0.1) is 11.1 Å². The lowest BCUT2D eigenvalue weighted by molar-refractivity contribution is 1.02. The second-order valence-corrected chi connectivity index (χ2v) is 6.70. The van der Waals surface area contributed by atoms with E-state index in [4.69, 9.17) is 11.6 Å². The van der Waals surface area contributed by atoms with Crippen LogP contribution in [0.2, 0.25) is 5.02 Å². The Morgan fingerprint density at radius 1 is 1.24 bits per heavy atom. The van der Waals surface area contributed by atoms with E-state index in [1.54, 1.807) is 17.4 Å². The van der Waals surface area contributed by atoms with E-state index >= 15 is 0 Å². The van der Waals surface area contributed by atoms with Crippen molar-refractivity contribution in [3.63, 3.8) is 0 Å². The van der Waals surface area contributed by atoms with Crippen LogP contribution in [0, 0.1) is 11.3 Å². The first-order valence-corrected chi connectivity index (χ1v) is 8.31. The maximum Gasteiger partial charge on any atom is 0.141 e. The summed E-state index contributed by atoms with van der Waals surface area (Å²) in [7, 11) is 0. The van der Waals surface area contributed by atoms with E-state index in [2.05, 4.69) is 33.4 Å². The van der Waals surface area contributed by atoms with Crippen molar-refractivity contribution in [2.24, 2.45) is 0 Å². The number of thiophene rings is 1. The minimum Gasteiger partial charge on any atom is -0.366 e. The molecule has 0 aliphatic heterocycles. The minimum atomic E-state index is -0.394. The van der Waals surface area contributed by atoms with Gasteiger partial charge in [0.25, 0.3) is 0 Å². The molecular formula is C16H10BrClN2S. The lowest BCUT2D eigenvalue weighted by Crippen LogP contribution is -2.07. The van der Waals surface area contributed by atoms with Gasteiger partial charge in [0.1, 0.15) is 6.04 Å². The lowest BCUT2D eigenvalue weighted by atomic mass is 10.1. The van der Waals surface area contributed by atoms with E-state index in [1.165, 1.54) is 4.70 Å². The summed E-state index contributed by atoms with van der Waals surface area (Å²) in [6.45, 7) is 0. The molecule has 3 rings (SSSR count). The number of rotatable bonds is 3. The maximum absolute atomic E-state index is 9.50. The van der Waals surface area contributed by atoms with E-state index in [-0.39, 0.29) is 0 Å². The van der Waals surface area contributed by atoms with Gasteiger partial charge >= 0.3 is 0 Å². The molecule has 104 valence electrons. The predicted molar refractivity (Wildman–Crippen MR) is 93.0 cm³/mol. The normalized spacial score (nSPS) is 12.0. The summed E-state index contributed by atoms with van der Waals surface area (Å²) >= 11 is 11.0. The molecule has 1 atom stereocenters. The number of halogens is 2. The Morgan fingerprint density at radius 2 is 2.05 bits per heavy atom. The van der Waals surface area contributed by atoms with Crippen LogP contribution < -0.4 is 5.32 Å². The molecule has 1 aromatic heterocycles. The Bertz CT molecular complexity index is 838. The number of nitriles is 1. The van der Waals surface area contributed by atoms with Crippen molar-refractivity contribution in [2.45, 2.75) is 6.04 Å². The van der Waals surface area contributed by atoms with E-state index in [1.807, 2.05) is 35.7 Å². The zero-order valence-corrected chi connectivity index (χ0v) is 14.0. The average molecular weight is 378 g/mol. The molecule has 0 aliphatic carbocycles. The first-order chi connectivity index (χ1) is 10.2. The van der Waals surface area contributed by atoms with Crippen molar-refractivity contribution in [3.05, 3.63) is 62.9 Å². The van der Waals surface area contributed by atoms with Crippen LogP contribution in [0.4, 0.5) is 5.69 Å². The Balaban J connectivity index is 1.95. The third-order valence-electron chi connectivity index (χ3n) is 3.18. The van der Waals surface area contributed by atoms with Gasteiger partial charge in [-0.2, -0.15) is 5.26 Å². The lowest BCUT2D eigenvalue weighted by Gasteiger charge is -2.13. The quantitative estimate of drug-likeness (QED) is 0.608. The highest BCUT2D eigenvalue weighted by molar-refractivity contribution is 9.10. The molecule has 0 fully saturated rings. The van der Waals surface area contributed by atoms with Crippen LogP contribution in [-0.4, -0.2) is 0 Å². The van der Waals surface area contributed by atoms with Crippen LogP contribution >= 0.6 is 38.9 Å². The summed E-state index contributed by atoms with van der Waals surface area (Å²) in [5, 5.41) is 16.6. The molecule has 2 aromatic carbocycles. The fraction of sp³-hybridized carbons (Fsp3) is 0.0625. The van der Waals surface area contributed by atoms with Crippen molar-refractivity contribution in [2.75, 3.05) is 5.32 Å². The van der Waals surface area contributed by atoms with Gasteiger partial charge in [-0.15, -0.1) is 11.3 Å². The number of nitrogens with one attached hydrogen (secondary N) is 1. The largest absolute Gasteiger partial charge is 0.366 e. The Kier molecular flexibility index (Phi) is 4.16. The topological polar surface area (TPSA) is 35.8 Å². The number of hydrogen-bond acceptors (Lipinski definition) is 3. The summed E-state index contributed by atoms with van der Waals surface area (Å²) in [5.41, 5.74) is 1.86. The number of fused-ring (bicyclic) bond motifs is 1. The van der Waals surface area contributed by atoms with Crippen LogP contribution in [0.15, 0.2) is 52.3 Å². The Labute approximate surface area is 140 Å². The number of nitrogens with zero attached hydrogens (tertiary/aromatic N) is 1. The molecule has 0 spiro atoms. The van der Waals surface area contributed by atoms with Crippen LogP contribution in [0.1, 0.15) is 11.6 Å². The summed E-state index contributed by atoms with van der Waals surface area (Å²) in [6.07, 6.45) is 0. The molecule has 21 heavy (non-hydrogen) atoms. The third kappa shape index (κ3) is 2.91. The SMILES string of the molecule is N#CC(Nc1ccc(Cl)c(Br)c1)c1csc2ccccc12. The summed E-state index contributed by atoms with van der Waals surface area (Å²) in [6, 6.07) is 15.6. The summed E-state index contributed by atoms with van der Waals surface area (Å²) < 4.78 is 1.99. The molecule has 0 amide bonds. The van der Waals surface area contributed by atoms with Gasteiger partial charge in [0.15, 0.2) is 0 Å². The highest BCUT2D eigenvalue weighted by Crippen LogP contribution is 2.33. The highest BCUT2D eigenvalue weighted by atomic mass is 79.9. The maximum atomic E-state index is 9.50. The van der Waals surface area contributed by atoms with Crippen LogP contribution in [0.25, 0.3) is 10.1 Å². The van der Waals surface area contributed by atoms with Crippen molar-refractivity contribution < 1.29 is 0 Å². The van der Waals surface area contributed by atoms with Crippen molar-refractivity contribution in [3.8, 4) is 6.07 Å². The highest BCUT2D eigenvalue weighted by Gasteiger charge is 2.15. The predicted octanol–water partition coefficient (Wildman–Crippen LogP) is 5.99. The standard InChI is InChI=1S/C16H10BrClN2S/c17-13-7-10(5-6-14(13)18)20-15(8-19)12-9-21-16-4-2-1-3-11(12)16/h1-7,9,15,20H. The fourth-order valence-corrected chi connectivity index (χ4v) is 3.64. The van der Waals surface area contributed by atoms with Gasteiger partial charge in [0.2, 0.25) is 0 Å². The molecule has 5 heteroatoms. The minimum absolute atomic E-state index is 0.394. The van der Waals surface area contributed by atoms with E-state index in [9.17, 15) is 5.26 Å². The van der Waals surface area contributed by atoms with Crippen molar-refractivity contribution in [1.82, 2.24) is 0 Å². The molecule has 0 saturated heterocycles. The van der Waals surface area contributed by atoms with Gasteiger partial charge < -0.3 is 5.32 Å². The molecule has 2 nitrogen and oxygen atoms in total. The van der Waals surface area contributed by atoms with Gasteiger partial charge in [-0.05, 0) is 51.0 Å². The van der Waals surface area contributed by atoms with Gasteiger partial charge in [-0.1, -0.05) is 29.8 Å². The second-order valence-electron chi connectivity index (χ2n) is 4.52. The molecule has 0 radical (unpaired) electrons. The second kappa shape index (κ2) is 6.07. The molecule has 3 aromatic rings. The fourth-order valence-electron chi connectivity index (χ4n) is 2.15. The molecule has 0 aliphatic rings. The number of benzene rings is 2. The van der Waals surface area contributed by atoms with Gasteiger partial charge in [-0.25, -0.2) is 0 Å². The summed E-state index contributed by atoms with van der Waals surface area (Å²) in [5.74, 6) is 0. The summed E-state index contributed by atoms with van der Waals surface area (Å²) in [4.78, 5) is 0. The van der Waals surface area contributed by atoms with E-state index in [0.29, 0.717) is 5.02 Å². The van der Waals surface area contributed by atoms with E-state index < -0.39 is 6.04 Å². The zero-order chi connectivity index (χ0) is 14.8. The van der Waals surface area contributed by atoms with Crippen LogP contribution in [0.5, 0.6) is 0 Å². The Morgan fingerprint density at radius 3 is 2.81 bits per heavy atom. The number of hydrogen-bond donors (Lipinski definition) is 1. The molecule has 1 heterocycles. The monoisotopic (exact) mass is 376 g/mol. The van der Waals surface area contributed by atoms with Crippen molar-refractivity contribution >= 4 is 54.6 Å². The van der Waals surface area contributed by atoms with Crippen molar-refractivity contribution in [1.29, 1.82) is 5.26 Å². The first kappa shape index (κ1) is 14.4. The van der Waals surface area contributed by atoms with E-state index in [0.717, 1.165) is 21.1 Å². The number of anilines is 1. The van der Waals surface area contributed by atoms with Gasteiger partial charge in [-0.3, -0.25) is 0 Å². The first-order valence-electron chi connectivity index (χ1n) is 6.26. The molecule has 1 unspecified atom stereocenters. The average Bonchev–Trinajstić information content (AvgIpc) is 2.92. The molecule has 0 bridgehead atoms. The van der Waals surface area contributed by atoms with Crippen LogP contribution in [0.3, 0.4) is 0 Å². The van der Waals surface area contributed by atoms with Crippen LogP contribution in [-0.2, 0) is 0 Å². The zero-order valence-electron chi connectivity index (χ0n) is 10.8. The third-order valence-corrected chi connectivity index (χ3v) is 5.38.